The predicted molar refractivity (Wildman–Crippen MR) is 160 cm³/mol. The van der Waals surface area contributed by atoms with Crippen LogP contribution in [0.5, 0.6) is 0 Å². The number of carbonyl (C=O) groups excluding carboxylic acids is 1. The number of carbonyl (C=O) groups is 1. The third-order valence-corrected chi connectivity index (χ3v) is 7.68. The number of nitrogens with one attached hydrogen (secondary N) is 2. The fraction of sp³-hybridized carbons (Fsp3) is 0.258. The third kappa shape index (κ3) is 5.46. The predicted octanol–water partition coefficient (Wildman–Crippen LogP) is 5.33. The monoisotopic (exact) mass is 549 g/mol. The molecule has 4 N–H and O–H groups in total. The number of anilines is 2. The zero-order valence-corrected chi connectivity index (χ0v) is 22.5. The van der Waals surface area contributed by atoms with E-state index in [-0.39, 0.29) is 11.6 Å². The van der Waals surface area contributed by atoms with Crippen LogP contribution in [0.1, 0.15) is 41.9 Å². The van der Waals surface area contributed by atoms with E-state index in [0.29, 0.717) is 29.2 Å². The topological polar surface area (TPSA) is 143 Å². The van der Waals surface area contributed by atoms with E-state index in [1.807, 2.05) is 54.7 Å². The fourth-order valence-corrected chi connectivity index (χ4v) is 5.52. The highest BCUT2D eigenvalue weighted by Gasteiger charge is 2.36. The number of aromatic amines is 1. The van der Waals surface area contributed by atoms with Crippen molar-refractivity contribution in [3.63, 3.8) is 0 Å². The van der Waals surface area contributed by atoms with Gasteiger partial charge in [0.15, 0.2) is 0 Å². The normalized spacial score (nSPS) is 16.9. The lowest BCUT2D eigenvalue weighted by atomic mass is 9.90. The molecule has 0 spiro atoms. The van der Waals surface area contributed by atoms with Gasteiger partial charge in [0.2, 0.25) is 11.9 Å². The smallest absolute Gasteiger partial charge is 0.269 e. The summed E-state index contributed by atoms with van der Waals surface area (Å²) in [6, 6.07) is 20.0. The van der Waals surface area contributed by atoms with Crippen LogP contribution in [0.3, 0.4) is 0 Å². The molecule has 6 rings (SSSR count). The lowest BCUT2D eigenvalue weighted by Gasteiger charge is -2.25. The first-order chi connectivity index (χ1) is 20.0. The average Bonchev–Trinajstić information content (AvgIpc) is 3.62. The van der Waals surface area contributed by atoms with Gasteiger partial charge in [-0.2, -0.15) is 0 Å². The number of imidazole rings is 1. The fourth-order valence-electron chi connectivity index (χ4n) is 5.52. The van der Waals surface area contributed by atoms with E-state index in [4.69, 9.17) is 10.7 Å². The van der Waals surface area contributed by atoms with Crippen LogP contribution >= 0.6 is 0 Å². The Kier molecular flexibility index (Phi) is 7.30. The summed E-state index contributed by atoms with van der Waals surface area (Å²) in [6.45, 7) is 2.56. The summed E-state index contributed by atoms with van der Waals surface area (Å²) in [5.41, 5.74) is 11.7. The van der Waals surface area contributed by atoms with Gasteiger partial charge in [-0.1, -0.05) is 36.4 Å². The maximum Gasteiger partial charge on any atom is 0.269 e. The van der Waals surface area contributed by atoms with Crippen LogP contribution in [0.4, 0.5) is 23.0 Å². The van der Waals surface area contributed by atoms with Crippen molar-refractivity contribution in [1.29, 1.82) is 0 Å². The van der Waals surface area contributed by atoms with Crippen LogP contribution in [0.25, 0.3) is 11.3 Å². The summed E-state index contributed by atoms with van der Waals surface area (Å²) in [7, 11) is 0. The lowest BCUT2D eigenvalue weighted by Crippen LogP contribution is -2.30. The maximum atomic E-state index is 13.3. The van der Waals surface area contributed by atoms with Crippen LogP contribution in [-0.4, -0.2) is 46.1 Å². The average molecular weight is 550 g/mol. The van der Waals surface area contributed by atoms with Crippen LogP contribution in [0, 0.1) is 10.1 Å². The molecule has 0 saturated carbocycles. The van der Waals surface area contributed by atoms with E-state index in [2.05, 4.69) is 20.2 Å². The molecule has 2 aliphatic heterocycles. The van der Waals surface area contributed by atoms with Gasteiger partial charge in [0.25, 0.3) is 5.69 Å². The number of aliphatic imine (C=N–C) groups is 1. The number of benzene rings is 3. The summed E-state index contributed by atoms with van der Waals surface area (Å²) in [5.74, 6) is -0.184. The van der Waals surface area contributed by atoms with Crippen LogP contribution in [0.15, 0.2) is 77.9 Å². The molecule has 10 heteroatoms. The minimum Gasteiger partial charge on any atom is -0.342 e. The largest absolute Gasteiger partial charge is 0.342 e. The molecule has 4 aromatic rings. The van der Waals surface area contributed by atoms with Crippen molar-refractivity contribution in [2.24, 2.45) is 10.7 Å². The van der Waals surface area contributed by atoms with Crippen molar-refractivity contribution >= 4 is 34.6 Å². The molecule has 208 valence electrons. The Morgan fingerprint density at radius 2 is 1.80 bits per heavy atom. The molecular formula is C31H31N7O3. The van der Waals surface area contributed by atoms with Crippen molar-refractivity contribution < 1.29 is 9.72 Å². The van der Waals surface area contributed by atoms with E-state index in [0.717, 1.165) is 47.8 Å². The first-order valence-corrected chi connectivity index (χ1v) is 13.9. The second-order valence-corrected chi connectivity index (χ2v) is 10.4. The van der Waals surface area contributed by atoms with Crippen LogP contribution in [-0.2, 0) is 11.2 Å². The number of nitro groups is 1. The maximum absolute atomic E-state index is 13.3. The molecule has 10 nitrogen and oxygen atoms in total. The van der Waals surface area contributed by atoms with E-state index in [9.17, 15) is 14.9 Å². The lowest BCUT2D eigenvalue weighted by molar-refractivity contribution is -0.384. The van der Waals surface area contributed by atoms with Gasteiger partial charge in [-0.25, -0.2) is 4.98 Å². The van der Waals surface area contributed by atoms with Crippen molar-refractivity contribution in [1.82, 2.24) is 9.97 Å². The molecule has 0 radical (unpaired) electrons. The molecule has 1 atom stereocenters. The number of hydrogen-bond acceptors (Lipinski definition) is 7. The van der Waals surface area contributed by atoms with Gasteiger partial charge < -0.3 is 20.9 Å². The molecule has 1 saturated heterocycles. The second-order valence-electron chi connectivity index (χ2n) is 10.4. The molecule has 1 amide bonds. The Balaban J connectivity index is 1.35. The van der Waals surface area contributed by atoms with Gasteiger partial charge in [-0.3, -0.25) is 19.9 Å². The first kappa shape index (κ1) is 26.4. The Morgan fingerprint density at radius 1 is 1.05 bits per heavy atom. The zero-order chi connectivity index (χ0) is 28.3. The molecule has 1 aromatic heterocycles. The minimum absolute atomic E-state index is 0.0734. The van der Waals surface area contributed by atoms with Crippen molar-refractivity contribution in [3.05, 3.63) is 99.7 Å². The highest BCUT2D eigenvalue weighted by atomic mass is 16.6. The minimum atomic E-state index is -0.801. The Labute approximate surface area is 237 Å². The highest BCUT2D eigenvalue weighted by molar-refractivity contribution is 6.24. The molecular weight excluding hydrogens is 518 g/mol. The van der Waals surface area contributed by atoms with Crippen LogP contribution in [0.2, 0.25) is 0 Å². The molecule has 0 bridgehead atoms. The van der Waals surface area contributed by atoms with Gasteiger partial charge in [-0.15, -0.1) is 0 Å². The van der Waals surface area contributed by atoms with E-state index in [1.165, 1.54) is 31.4 Å². The van der Waals surface area contributed by atoms with Gasteiger partial charge >= 0.3 is 0 Å². The number of aromatic nitrogens is 2. The number of amides is 1. The Morgan fingerprint density at radius 3 is 2.51 bits per heavy atom. The molecule has 3 aromatic carbocycles. The van der Waals surface area contributed by atoms with E-state index < -0.39 is 10.8 Å². The van der Waals surface area contributed by atoms with Crippen LogP contribution < -0.4 is 16.0 Å². The van der Waals surface area contributed by atoms with Gasteiger partial charge in [0, 0.05) is 36.5 Å². The number of rotatable bonds is 8. The summed E-state index contributed by atoms with van der Waals surface area (Å²) < 4.78 is 0. The summed E-state index contributed by atoms with van der Waals surface area (Å²) in [4.78, 5) is 39.6. The highest BCUT2D eigenvalue weighted by Crippen LogP contribution is 2.38. The zero-order valence-electron chi connectivity index (χ0n) is 22.5. The summed E-state index contributed by atoms with van der Waals surface area (Å²) in [6.07, 6.45) is 6.20. The molecule has 41 heavy (non-hydrogen) atoms. The molecule has 3 heterocycles. The number of nitrogens with zero attached hydrogens (tertiary/aromatic N) is 4. The number of piperidine rings is 1. The number of nitrogens with two attached hydrogens (primary N) is 1. The second kappa shape index (κ2) is 11.3. The Bertz CT molecular complexity index is 1600. The number of nitro benzene ring substituents is 1. The number of H-pyrrole nitrogens is 1. The van der Waals surface area contributed by atoms with Gasteiger partial charge in [0.1, 0.15) is 5.92 Å². The van der Waals surface area contributed by atoms with Crippen molar-refractivity contribution in [2.45, 2.75) is 31.6 Å². The first-order valence-electron chi connectivity index (χ1n) is 13.9. The molecule has 1 unspecified atom stereocenters. The molecule has 2 aliphatic rings. The van der Waals surface area contributed by atoms with Crippen molar-refractivity contribution in [3.8, 4) is 11.3 Å². The summed E-state index contributed by atoms with van der Waals surface area (Å²) >= 11 is 0. The molecule has 0 aliphatic carbocycles. The SMILES string of the molecule is NCCc1ccc(C(=Nc2ccc(-c3cnc(N4CCCCC4)[nH]3)cc2)C2C(=O)Nc3ccc([N+](=O)[O-])cc32)cc1. The number of fused-ring (bicyclic) bond motifs is 1. The standard InChI is InChI=1S/C31H31N7O3/c32-15-14-20-4-6-22(7-5-20)29(28-25-18-24(38(40)41)12-13-26(25)35-30(28)39)34-23-10-8-21(9-11-23)27-19-33-31(36-27)37-16-2-1-3-17-37/h4-13,18-19,28H,1-3,14-17,32H2,(H,33,36)(H,35,39). The van der Waals surface area contributed by atoms with E-state index in [1.54, 1.807) is 6.07 Å². The van der Waals surface area contributed by atoms with Gasteiger partial charge in [-0.05, 0) is 67.1 Å². The molecule has 1 fully saturated rings. The quantitative estimate of drug-likeness (QED) is 0.154. The van der Waals surface area contributed by atoms with Gasteiger partial charge in [0.05, 0.1) is 28.2 Å². The third-order valence-electron chi connectivity index (χ3n) is 7.68. The number of hydrogen-bond donors (Lipinski definition) is 3. The summed E-state index contributed by atoms with van der Waals surface area (Å²) in [5, 5.41) is 14.4. The van der Waals surface area contributed by atoms with Crippen molar-refractivity contribution in [2.75, 3.05) is 29.9 Å². The Hall–Kier alpha value is -4.83. The number of non-ortho nitro benzene ring substituents is 1. The van der Waals surface area contributed by atoms with E-state index >= 15 is 0 Å².